The zero-order valence-electron chi connectivity index (χ0n) is 19.3. The third-order valence-electron chi connectivity index (χ3n) is 6.03. The molecule has 3 rings (SSSR count). The fourth-order valence-corrected chi connectivity index (χ4v) is 4.15. The Balaban J connectivity index is 1.75. The van der Waals surface area contributed by atoms with Gasteiger partial charge in [-0.25, -0.2) is 9.38 Å². The van der Waals surface area contributed by atoms with Gasteiger partial charge in [-0.2, -0.15) is 0 Å². The van der Waals surface area contributed by atoms with Crippen LogP contribution in [0.4, 0.5) is 4.39 Å². The second kappa shape index (κ2) is 12.0. The van der Waals surface area contributed by atoms with E-state index in [-0.39, 0.29) is 12.5 Å². The minimum Gasteiger partial charge on any atom is -0.483 e. The summed E-state index contributed by atoms with van der Waals surface area (Å²) in [4.78, 5) is 7.38. The van der Waals surface area contributed by atoms with Crippen LogP contribution in [0.5, 0.6) is 0 Å². The van der Waals surface area contributed by atoms with Crippen LogP contribution < -0.4 is 0 Å². The smallest absolute Gasteiger partial charge is 0.150 e. The van der Waals surface area contributed by atoms with E-state index in [1.54, 1.807) is 0 Å². The highest BCUT2D eigenvalue weighted by molar-refractivity contribution is 6.10. The van der Waals surface area contributed by atoms with Crippen molar-refractivity contribution in [1.82, 2.24) is 4.90 Å². The van der Waals surface area contributed by atoms with Crippen molar-refractivity contribution in [2.45, 2.75) is 59.0 Å². The van der Waals surface area contributed by atoms with Crippen LogP contribution >= 0.6 is 0 Å². The molecule has 0 saturated carbocycles. The van der Waals surface area contributed by atoms with Crippen molar-refractivity contribution >= 4 is 5.71 Å². The summed E-state index contributed by atoms with van der Waals surface area (Å²) >= 11 is 0. The molecule has 0 spiro atoms. The highest BCUT2D eigenvalue weighted by atomic mass is 19.1. The van der Waals surface area contributed by atoms with Crippen molar-refractivity contribution in [3.8, 4) is 0 Å². The molecule has 0 radical (unpaired) electrons. The van der Waals surface area contributed by atoms with Crippen molar-refractivity contribution in [2.24, 2.45) is 10.9 Å². The second-order valence-corrected chi connectivity index (χ2v) is 8.20. The zero-order chi connectivity index (χ0) is 22.1. The first-order valence-electron chi connectivity index (χ1n) is 11.8. The molecule has 0 aromatic rings. The van der Waals surface area contributed by atoms with E-state index < -0.39 is 12.8 Å². The van der Waals surface area contributed by atoms with Crippen LogP contribution in [-0.2, 0) is 9.47 Å². The maximum atomic E-state index is 13.6. The first-order chi connectivity index (χ1) is 15.2. The van der Waals surface area contributed by atoms with Gasteiger partial charge in [0.25, 0.3) is 0 Å². The fourth-order valence-electron chi connectivity index (χ4n) is 4.15. The zero-order valence-corrected chi connectivity index (χ0v) is 19.3. The lowest BCUT2D eigenvalue weighted by atomic mass is 9.90. The van der Waals surface area contributed by atoms with Crippen molar-refractivity contribution < 1.29 is 13.9 Å². The molecule has 1 heterocycles. The molecule has 0 fully saturated rings. The maximum absolute atomic E-state index is 13.6. The van der Waals surface area contributed by atoms with E-state index >= 15 is 0 Å². The van der Waals surface area contributed by atoms with Crippen LogP contribution in [-0.4, -0.2) is 49.7 Å². The standard InChI is InChI=1S/C26H37FN2O2/c1-4-7-17-30-19-23(18-27)31-25-10-8-9-21-13-16-24(28-26(21)25)20-11-14-22(15-12-20)29(5-2)6-3/h8,10-11,13-14,16,21,23H,4-7,9,12,15,17-19H2,1-3H3. The van der Waals surface area contributed by atoms with E-state index in [0.29, 0.717) is 12.4 Å². The number of halogens is 1. The van der Waals surface area contributed by atoms with Crippen LogP contribution in [0, 0.1) is 5.92 Å². The largest absolute Gasteiger partial charge is 0.483 e. The highest BCUT2D eigenvalue weighted by Crippen LogP contribution is 2.34. The van der Waals surface area contributed by atoms with Gasteiger partial charge in [0.2, 0.25) is 0 Å². The van der Waals surface area contributed by atoms with Gasteiger partial charge in [0.05, 0.1) is 18.0 Å². The van der Waals surface area contributed by atoms with E-state index in [1.807, 2.05) is 6.08 Å². The Morgan fingerprint density at radius 2 is 2.00 bits per heavy atom. The number of nitrogens with zero attached hydrogens (tertiary/aromatic N) is 2. The average Bonchev–Trinajstić information content (AvgIpc) is 2.82. The van der Waals surface area contributed by atoms with E-state index in [2.05, 4.69) is 56.1 Å². The number of allylic oxidation sites excluding steroid dienone is 8. The molecule has 0 saturated heterocycles. The Labute approximate surface area is 186 Å². The molecule has 2 atom stereocenters. The Morgan fingerprint density at radius 3 is 2.68 bits per heavy atom. The number of fused-ring (bicyclic) bond motifs is 1. The fraction of sp³-hybridized carbons (Fsp3) is 0.577. The van der Waals surface area contributed by atoms with Gasteiger partial charge in [-0.05, 0) is 63.3 Å². The maximum Gasteiger partial charge on any atom is 0.150 e. The van der Waals surface area contributed by atoms with Gasteiger partial charge in [0.15, 0.2) is 6.10 Å². The van der Waals surface area contributed by atoms with E-state index in [1.165, 1.54) is 11.3 Å². The number of hydrogen-bond donors (Lipinski definition) is 0. The highest BCUT2D eigenvalue weighted by Gasteiger charge is 2.25. The van der Waals surface area contributed by atoms with Crippen molar-refractivity contribution in [3.63, 3.8) is 0 Å². The molecule has 0 aromatic carbocycles. The molecule has 0 amide bonds. The Kier molecular flexibility index (Phi) is 9.13. The number of unbranched alkanes of at least 4 members (excludes halogenated alkanes) is 1. The number of ether oxygens (including phenoxy) is 2. The Hall–Kier alpha value is -2.14. The molecule has 2 unspecified atom stereocenters. The number of dihydropyridines is 1. The molecule has 1 aliphatic heterocycles. The first kappa shape index (κ1) is 23.5. The molecule has 0 aromatic heterocycles. The summed E-state index contributed by atoms with van der Waals surface area (Å²) in [6.45, 7) is 8.91. The van der Waals surface area contributed by atoms with Gasteiger partial charge in [-0.15, -0.1) is 0 Å². The Morgan fingerprint density at radius 1 is 1.16 bits per heavy atom. The van der Waals surface area contributed by atoms with Crippen molar-refractivity contribution in [2.75, 3.05) is 33.0 Å². The molecule has 31 heavy (non-hydrogen) atoms. The minimum absolute atomic E-state index is 0.191. The van der Waals surface area contributed by atoms with Crippen LogP contribution in [0.1, 0.15) is 52.9 Å². The summed E-state index contributed by atoms with van der Waals surface area (Å²) in [6.07, 6.45) is 17.1. The average molecular weight is 429 g/mol. The number of rotatable bonds is 12. The predicted octanol–water partition coefficient (Wildman–Crippen LogP) is 5.90. The summed E-state index contributed by atoms with van der Waals surface area (Å²) in [7, 11) is 0. The van der Waals surface area contributed by atoms with Crippen LogP contribution in [0.25, 0.3) is 0 Å². The first-order valence-corrected chi connectivity index (χ1v) is 11.8. The molecular weight excluding hydrogens is 391 g/mol. The van der Waals surface area contributed by atoms with Crippen LogP contribution in [0.3, 0.4) is 0 Å². The molecule has 0 N–H and O–H groups in total. The number of alkyl halides is 1. The predicted molar refractivity (Wildman–Crippen MR) is 126 cm³/mol. The van der Waals surface area contributed by atoms with E-state index in [9.17, 15) is 4.39 Å². The number of hydrogen-bond acceptors (Lipinski definition) is 4. The van der Waals surface area contributed by atoms with Crippen LogP contribution in [0.2, 0.25) is 0 Å². The molecule has 0 bridgehead atoms. The molecular formula is C26H37FN2O2. The molecule has 3 aliphatic rings. The van der Waals surface area contributed by atoms with E-state index in [4.69, 9.17) is 14.5 Å². The van der Waals surface area contributed by atoms with Gasteiger partial charge in [0, 0.05) is 31.3 Å². The van der Waals surface area contributed by atoms with Gasteiger partial charge in [-0.3, -0.25) is 0 Å². The lowest BCUT2D eigenvalue weighted by molar-refractivity contribution is 0.00471. The second-order valence-electron chi connectivity index (χ2n) is 8.20. The molecule has 4 nitrogen and oxygen atoms in total. The quantitative estimate of drug-likeness (QED) is 0.363. The lowest BCUT2D eigenvalue weighted by Gasteiger charge is -2.28. The third kappa shape index (κ3) is 6.19. The van der Waals surface area contributed by atoms with Gasteiger partial charge in [0.1, 0.15) is 12.4 Å². The van der Waals surface area contributed by atoms with Gasteiger partial charge >= 0.3 is 0 Å². The van der Waals surface area contributed by atoms with Gasteiger partial charge < -0.3 is 14.4 Å². The summed E-state index contributed by atoms with van der Waals surface area (Å²) in [6, 6.07) is 0. The third-order valence-corrected chi connectivity index (χ3v) is 6.03. The topological polar surface area (TPSA) is 34.1 Å². The number of aliphatic imine (C=N–C) groups is 1. The molecule has 2 aliphatic carbocycles. The lowest BCUT2D eigenvalue weighted by Crippen LogP contribution is -2.25. The van der Waals surface area contributed by atoms with E-state index in [0.717, 1.165) is 56.6 Å². The van der Waals surface area contributed by atoms with Crippen molar-refractivity contribution in [1.29, 1.82) is 0 Å². The summed E-state index contributed by atoms with van der Waals surface area (Å²) < 4.78 is 25.2. The van der Waals surface area contributed by atoms with Crippen molar-refractivity contribution in [3.05, 3.63) is 59.2 Å². The van der Waals surface area contributed by atoms with Crippen LogP contribution in [0.15, 0.2) is 64.2 Å². The SMILES string of the molecule is CCCCOCC(CF)OC1=C2N=C(C3=CC=C(N(CC)CC)CC3)C=CC2CC=C1. The summed E-state index contributed by atoms with van der Waals surface area (Å²) in [5, 5.41) is 0. The summed E-state index contributed by atoms with van der Waals surface area (Å²) in [5.74, 6) is 0.867. The molecule has 5 heteroatoms. The monoisotopic (exact) mass is 428 g/mol. The summed E-state index contributed by atoms with van der Waals surface area (Å²) in [5.41, 5.74) is 4.54. The minimum atomic E-state index is -0.597. The Bertz CT molecular complexity index is 787. The normalized spacial score (nSPS) is 21.3. The van der Waals surface area contributed by atoms with Gasteiger partial charge in [-0.1, -0.05) is 31.6 Å². The molecule has 170 valence electrons.